The number of pyridine rings is 1. The van der Waals surface area contributed by atoms with Gasteiger partial charge in [-0.15, -0.1) is 0 Å². The Morgan fingerprint density at radius 3 is 2.59 bits per heavy atom. The molecule has 1 aliphatic rings. The molecule has 10 heteroatoms. The number of carbonyl (C=O) groups excluding carboxylic acids is 1. The summed E-state index contributed by atoms with van der Waals surface area (Å²) in [4.78, 5) is 17.0. The van der Waals surface area contributed by atoms with Crippen molar-refractivity contribution < 1.29 is 31.2 Å². The molecule has 2 heterocycles. The van der Waals surface area contributed by atoms with Crippen molar-refractivity contribution in [3.63, 3.8) is 0 Å². The molecule has 0 bridgehead atoms. The van der Waals surface area contributed by atoms with Gasteiger partial charge in [0.1, 0.15) is 23.1 Å². The first-order valence-electron chi connectivity index (χ1n) is 12.5. The number of ether oxygens (including phenoxy) is 1. The van der Waals surface area contributed by atoms with Crippen molar-refractivity contribution in [1.82, 2.24) is 14.7 Å². The Bertz CT molecular complexity index is 1220. The summed E-state index contributed by atoms with van der Waals surface area (Å²) in [5.74, 6) is -7.09. The van der Waals surface area contributed by atoms with Crippen LogP contribution in [-0.4, -0.2) is 40.4 Å². The Balaban J connectivity index is 2.01. The van der Waals surface area contributed by atoms with Crippen LogP contribution in [0.4, 0.5) is 17.6 Å². The number of imidazole rings is 1. The monoisotopic (exact) mass is 485 g/mol. The van der Waals surface area contributed by atoms with Crippen LogP contribution in [0.5, 0.6) is 0 Å². The van der Waals surface area contributed by atoms with E-state index in [-0.39, 0.29) is 72.7 Å². The summed E-state index contributed by atoms with van der Waals surface area (Å²) >= 11 is 0. The average molecular weight is 486 g/mol. The van der Waals surface area contributed by atoms with Crippen molar-refractivity contribution in [1.29, 1.82) is 5.26 Å². The van der Waals surface area contributed by atoms with Gasteiger partial charge in [0, 0.05) is 38.9 Å². The topological polar surface area (TPSA) is 79.4 Å². The molecule has 3 rings (SSSR count). The molecule has 0 spiro atoms. The molecule has 0 aliphatic heterocycles. The van der Waals surface area contributed by atoms with E-state index in [0.29, 0.717) is 6.92 Å². The average Bonchev–Trinajstić information content (AvgIpc) is 3.10. The van der Waals surface area contributed by atoms with E-state index in [9.17, 15) is 27.6 Å². The van der Waals surface area contributed by atoms with Gasteiger partial charge in [-0.3, -0.25) is 9.20 Å². The Morgan fingerprint density at radius 2 is 2.03 bits per heavy atom. The molecule has 0 aromatic carbocycles. The predicted molar refractivity (Wildman–Crippen MR) is 118 cm³/mol. The molecule has 1 amide bonds. The van der Waals surface area contributed by atoms with E-state index in [2.05, 4.69) is 10.3 Å². The van der Waals surface area contributed by atoms with Crippen LogP contribution < -0.4 is 5.32 Å². The van der Waals surface area contributed by atoms with E-state index in [1.807, 2.05) is 6.07 Å². The number of nitrogens with one attached hydrogen (secondary N) is 1. The minimum Gasteiger partial charge on any atom is -0.377 e. The normalized spacial score (nSPS) is 18.7. The summed E-state index contributed by atoms with van der Waals surface area (Å²) in [6.07, 6.45) is -0.309. The minimum atomic E-state index is -3.38. The van der Waals surface area contributed by atoms with Crippen LogP contribution in [0, 0.1) is 24.2 Å². The number of amides is 1. The molecular formula is C24H30F4N4O2. The summed E-state index contributed by atoms with van der Waals surface area (Å²) < 4.78 is 84.5. The van der Waals surface area contributed by atoms with Crippen LogP contribution in [0.25, 0.3) is 5.65 Å². The number of carbonyl (C=O) groups is 1. The maximum Gasteiger partial charge on any atom is 0.288 e. The highest BCUT2D eigenvalue weighted by molar-refractivity contribution is 5.97. The van der Waals surface area contributed by atoms with Gasteiger partial charge in [-0.2, -0.15) is 14.0 Å². The van der Waals surface area contributed by atoms with Gasteiger partial charge in [0.05, 0.1) is 15.4 Å². The third kappa shape index (κ3) is 5.35. The molecule has 0 atom stereocenters. The number of methoxy groups -OCH3 is 1. The summed E-state index contributed by atoms with van der Waals surface area (Å²) in [6, 6.07) is 3.26. The number of aromatic nitrogens is 2. The predicted octanol–water partition coefficient (Wildman–Crippen LogP) is 5.15. The zero-order chi connectivity index (χ0) is 28.0. The molecule has 0 radical (unpaired) electrons. The third-order valence-electron chi connectivity index (χ3n) is 6.29. The van der Waals surface area contributed by atoms with Crippen molar-refractivity contribution in [2.24, 2.45) is 5.92 Å². The van der Waals surface area contributed by atoms with Crippen LogP contribution in [0.2, 0.25) is 0 Å². The second-order valence-corrected chi connectivity index (χ2v) is 9.68. The Morgan fingerprint density at radius 1 is 1.38 bits per heavy atom. The molecule has 34 heavy (non-hydrogen) atoms. The van der Waals surface area contributed by atoms with Crippen molar-refractivity contribution >= 4 is 11.6 Å². The van der Waals surface area contributed by atoms with Crippen molar-refractivity contribution in [3.8, 4) is 6.07 Å². The molecule has 1 fully saturated rings. The van der Waals surface area contributed by atoms with Crippen molar-refractivity contribution in [2.45, 2.75) is 77.2 Å². The molecule has 1 saturated carbocycles. The van der Waals surface area contributed by atoms with E-state index < -0.39 is 36.1 Å². The van der Waals surface area contributed by atoms with Crippen LogP contribution in [0.15, 0.2) is 6.07 Å². The highest BCUT2D eigenvalue weighted by Crippen LogP contribution is 2.40. The number of hydrogen-bond donors (Lipinski definition) is 1. The number of alkyl halides is 4. The number of halogens is 4. The van der Waals surface area contributed by atoms with E-state index in [4.69, 9.17) is 8.85 Å². The lowest BCUT2D eigenvalue weighted by atomic mass is 9.83. The second-order valence-electron chi connectivity index (χ2n) is 9.68. The first-order chi connectivity index (χ1) is 16.8. The summed E-state index contributed by atoms with van der Waals surface area (Å²) in [7, 11) is -2.68. The molecule has 1 N–H and O–H groups in total. The number of nitriles is 1. The third-order valence-corrected chi connectivity index (χ3v) is 6.29. The minimum absolute atomic E-state index is 0.00793. The van der Waals surface area contributed by atoms with Gasteiger partial charge in [-0.25, -0.2) is 13.8 Å². The van der Waals surface area contributed by atoms with Gasteiger partial charge >= 0.3 is 0 Å². The van der Waals surface area contributed by atoms with E-state index in [0.717, 1.165) is 0 Å². The first-order valence-corrected chi connectivity index (χ1v) is 11.0. The highest BCUT2D eigenvalue weighted by atomic mass is 19.3. The van der Waals surface area contributed by atoms with Gasteiger partial charge in [0.25, 0.3) is 11.8 Å². The molecule has 1 aliphatic carbocycles. The van der Waals surface area contributed by atoms with Crippen molar-refractivity contribution in [2.75, 3.05) is 13.6 Å². The van der Waals surface area contributed by atoms with Gasteiger partial charge in [-0.1, -0.05) is 0 Å². The van der Waals surface area contributed by atoms with Crippen LogP contribution in [0.1, 0.15) is 83.6 Å². The summed E-state index contributed by atoms with van der Waals surface area (Å²) in [6.45, 7) is 4.95. The quantitative estimate of drug-likeness (QED) is 0.550. The fraction of sp³-hybridized carbons (Fsp3) is 0.625. The van der Waals surface area contributed by atoms with Crippen LogP contribution >= 0.6 is 0 Å². The van der Waals surface area contributed by atoms with Gasteiger partial charge < -0.3 is 10.1 Å². The summed E-state index contributed by atoms with van der Waals surface area (Å²) in [5, 5.41) is 12.5. The Kier molecular flexibility index (Phi) is 5.89. The fourth-order valence-electron chi connectivity index (χ4n) is 4.26. The van der Waals surface area contributed by atoms with E-state index in [1.54, 1.807) is 0 Å². The molecule has 0 unspecified atom stereocenters. The molecule has 186 valence electrons. The molecule has 2 aromatic rings. The lowest BCUT2D eigenvalue weighted by molar-refractivity contribution is -0.0460. The zero-order valence-electron chi connectivity index (χ0n) is 22.6. The lowest BCUT2D eigenvalue weighted by Crippen LogP contribution is -2.40. The van der Waals surface area contributed by atoms with E-state index in [1.165, 1.54) is 31.2 Å². The van der Waals surface area contributed by atoms with E-state index >= 15 is 0 Å². The standard InChI is InChI=1S/C24H30F4N4O2/c1-14-16(21(33)30-13-22(2,3)34-5)11-19-31-20(23(4,25)26)17(32(19)18(14)12-29)10-15-6-8-24(27,28)9-7-15/h11,15H,6-10,13H2,1-5H3,(H,30,33)/i5D3. The Hall–Kier alpha value is -2.67. The lowest BCUT2D eigenvalue weighted by Gasteiger charge is -2.28. The molecule has 6 nitrogen and oxygen atoms in total. The van der Waals surface area contributed by atoms with Crippen LogP contribution in [0.3, 0.4) is 0 Å². The largest absolute Gasteiger partial charge is 0.377 e. The molecule has 2 aromatic heterocycles. The van der Waals surface area contributed by atoms with Crippen LogP contribution in [-0.2, 0) is 17.1 Å². The number of fused-ring (bicyclic) bond motifs is 1. The summed E-state index contributed by atoms with van der Waals surface area (Å²) in [5.41, 5.74) is -1.64. The zero-order valence-corrected chi connectivity index (χ0v) is 19.6. The van der Waals surface area contributed by atoms with Gasteiger partial charge in [-0.05, 0) is 57.6 Å². The fourth-order valence-corrected chi connectivity index (χ4v) is 4.26. The van der Waals surface area contributed by atoms with Gasteiger partial charge in [0.2, 0.25) is 5.92 Å². The van der Waals surface area contributed by atoms with Gasteiger partial charge in [0.15, 0.2) is 0 Å². The number of hydrogen-bond acceptors (Lipinski definition) is 4. The first kappa shape index (κ1) is 21.8. The second kappa shape index (κ2) is 9.17. The smallest absolute Gasteiger partial charge is 0.288 e. The highest BCUT2D eigenvalue weighted by Gasteiger charge is 2.38. The maximum absolute atomic E-state index is 14.6. The SMILES string of the molecule is [2H]C([2H])([2H])OC(C)(C)CNC(=O)c1cc2nc(C(C)(F)F)c(CC3CCC(F)(F)CC3)n2c(C#N)c1C. The molecular weight excluding hydrogens is 452 g/mol. The maximum atomic E-state index is 14.6. The van der Waals surface area contributed by atoms with Crippen molar-refractivity contribution in [3.05, 3.63) is 34.3 Å². The number of rotatable bonds is 7. The Labute approximate surface area is 200 Å². The molecule has 0 saturated heterocycles. The number of nitrogens with zero attached hydrogens (tertiary/aromatic N) is 3.